The molecule has 0 spiro atoms. The van der Waals surface area contributed by atoms with Crippen LogP contribution in [0, 0.1) is 19.3 Å². The second kappa shape index (κ2) is 5.72. The molecule has 0 unspecified atom stereocenters. The number of nitrogens with two attached hydrogens (primary N) is 1. The maximum Gasteiger partial charge on any atom is 0.0593 e. The van der Waals surface area contributed by atoms with Gasteiger partial charge in [0.2, 0.25) is 0 Å². The molecule has 0 aliphatic heterocycles. The molecule has 0 amide bonds. The summed E-state index contributed by atoms with van der Waals surface area (Å²) in [6, 6.07) is 0.687. The van der Waals surface area contributed by atoms with Crippen molar-refractivity contribution in [3.8, 4) is 0 Å². The van der Waals surface area contributed by atoms with Crippen LogP contribution in [0.2, 0.25) is 0 Å². The second-order valence-corrected chi connectivity index (χ2v) is 7.24. The average Bonchev–Trinajstić information content (AvgIpc) is 2.39. The van der Waals surface area contributed by atoms with Crippen LogP contribution in [0.4, 0.5) is 5.69 Å². The Hall–Kier alpha value is -1.09. The summed E-state index contributed by atoms with van der Waals surface area (Å²) in [7, 11) is 2.22. The number of anilines is 1. The average molecular weight is 275 g/mol. The molecule has 1 aliphatic rings. The summed E-state index contributed by atoms with van der Waals surface area (Å²) in [6.07, 6.45) is 7.14. The fraction of sp³-hybridized carbons (Fsp3) is 0.706. The first-order chi connectivity index (χ1) is 9.30. The zero-order chi connectivity index (χ0) is 14.9. The Morgan fingerprint density at radius 2 is 1.90 bits per heavy atom. The lowest BCUT2D eigenvalue weighted by atomic mass is 9.75. The normalized spacial score (nSPS) is 19.5. The second-order valence-electron chi connectivity index (χ2n) is 7.24. The van der Waals surface area contributed by atoms with E-state index >= 15 is 0 Å². The van der Waals surface area contributed by atoms with E-state index in [2.05, 4.69) is 37.7 Å². The van der Waals surface area contributed by atoms with Gasteiger partial charge in [0, 0.05) is 24.5 Å². The third-order valence-electron chi connectivity index (χ3n) is 5.01. The lowest BCUT2D eigenvalue weighted by Gasteiger charge is -2.38. The van der Waals surface area contributed by atoms with Crippen LogP contribution in [0.1, 0.15) is 56.4 Å². The standard InChI is InChI=1S/C17H29N3/c1-12-10-19-15(13(2)16(12)18)11-20(5)14-6-8-17(3,4)9-7-14/h10,14H,6-9,11H2,1-5H3,(H2,18,19). The third kappa shape index (κ3) is 3.32. The van der Waals surface area contributed by atoms with Gasteiger partial charge in [0.1, 0.15) is 0 Å². The molecule has 0 aromatic carbocycles. The van der Waals surface area contributed by atoms with Crippen molar-refractivity contribution < 1.29 is 0 Å². The Kier molecular flexibility index (Phi) is 4.38. The molecule has 3 nitrogen and oxygen atoms in total. The van der Waals surface area contributed by atoms with Crippen LogP contribution < -0.4 is 5.73 Å². The number of pyridine rings is 1. The van der Waals surface area contributed by atoms with E-state index in [0.29, 0.717) is 11.5 Å². The fourth-order valence-corrected chi connectivity index (χ4v) is 3.14. The molecule has 112 valence electrons. The van der Waals surface area contributed by atoms with Crippen LogP contribution in [-0.4, -0.2) is 23.0 Å². The number of hydrogen-bond donors (Lipinski definition) is 1. The Morgan fingerprint density at radius 3 is 2.50 bits per heavy atom. The van der Waals surface area contributed by atoms with Crippen molar-refractivity contribution in [2.45, 2.75) is 66.0 Å². The molecule has 0 atom stereocenters. The van der Waals surface area contributed by atoms with Crippen LogP contribution in [0.3, 0.4) is 0 Å². The molecule has 2 N–H and O–H groups in total. The summed E-state index contributed by atoms with van der Waals surface area (Å²) >= 11 is 0. The first kappa shape index (κ1) is 15.3. The summed E-state index contributed by atoms with van der Waals surface area (Å²) < 4.78 is 0. The first-order valence-corrected chi connectivity index (χ1v) is 7.71. The van der Waals surface area contributed by atoms with E-state index in [1.165, 1.54) is 25.7 Å². The number of nitrogens with zero attached hydrogens (tertiary/aromatic N) is 2. The molecule has 1 saturated carbocycles. The molecular weight excluding hydrogens is 246 g/mol. The van der Waals surface area contributed by atoms with Gasteiger partial charge in [-0.25, -0.2) is 0 Å². The van der Waals surface area contributed by atoms with Crippen LogP contribution in [-0.2, 0) is 6.54 Å². The van der Waals surface area contributed by atoms with Crippen molar-refractivity contribution in [1.82, 2.24) is 9.88 Å². The summed E-state index contributed by atoms with van der Waals surface area (Å²) in [5.41, 5.74) is 10.9. The quantitative estimate of drug-likeness (QED) is 0.915. The van der Waals surface area contributed by atoms with Crippen molar-refractivity contribution in [1.29, 1.82) is 0 Å². The number of rotatable bonds is 3. The number of aryl methyl sites for hydroxylation is 1. The molecule has 1 fully saturated rings. The van der Waals surface area contributed by atoms with Gasteiger partial charge in [0.15, 0.2) is 0 Å². The van der Waals surface area contributed by atoms with E-state index in [1.807, 2.05) is 13.1 Å². The summed E-state index contributed by atoms with van der Waals surface area (Å²) in [6.45, 7) is 9.78. The summed E-state index contributed by atoms with van der Waals surface area (Å²) in [5, 5.41) is 0. The van der Waals surface area contributed by atoms with Crippen molar-refractivity contribution >= 4 is 5.69 Å². The van der Waals surface area contributed by atoms with Gasteiger partial charge in [0.25, 0.3) is 0 Å². The lowest BCUT2D eigenvalue weighted by molar-refractivity contribution is 0.122. The topological polar surface area (TPSA) is 42.2 Å². The minimum Gasteiger partial charge on any atom is -0.398 e. The number of hydrogen-bond acceptors (Lipinski definition) is 3. The molecule has 1 heterocycles. The van der Waals surface area contributed by atoms with Gasteiger partial charge in [-0.15, -0.1) is 0 Å². The van der Waals surface area contributed by atoms with Gasteiger partial charge >= 0.3 is 0 Å². The van der Waals surface area contributed by atoms with Gasteiger partial charge in [-0.2, -0.15) is 0 Å². The predicted molar refractivity (Wildman–Crippen MR) is 85.6 cm³/mol. The fourth-order valence-electron chi connectivity index (χ4n) is 3.14. The molecule has 1 aromatic rings. The van der Waals surface area contributed by atoms with Gasteiger partial charge in [-0.05, 0) is 63.1 Å². The van der Waals surface area contributed by atoms with Crippen molar-refractivity contribution in [3.63, 3.8) is 0 Å². The smallest absolute Gasteiger partial charge is 0.0593 e. The molecule has 0 radical (unpaired) electrons. The Balaban J connectivity index is 2.02. The molecule has 0 saturated heterocycles. The SMILES string of the molecule is Cc1cnc(CN(C)C2CCC(C)(C)CC2)c(C)c1N. The van der Waals surface area contributed by atoms with E-state index < -0.39 is 0 Å². The van der Waals surface area contributed by atoms with Crippen LogP contribution in [0.5, 0.6) is 0 Å². The molecule has 1 aromatic heterocycles. The number of nitrogen functional groups attached to an aromatic ring is 1. The Morgan fingerprint density at radius 1 is 1.30 bits per heavy atom. The maximum absolute atomic E-state index is 6.11. The highest BCUT2D eigenvalue weighted by atomic mass is 15.1. The van der Waals surface area contributed by atoms with E-state index in [-0.39, 0.29) is 0 Å². The lowest BCUT2D eigenvalue weighted by Crippen LogP contribution is -2.37. The first-order valence-electron chi connectivity index (χ1n) is 7.71. The van der Waals surface area contributed by atoms with Crippen molar-refractivity contribution in [2.75, 3.05) is 12.8 Å². The highest BCUT2D eigenvalue weighted by Gasteiger charge is 2.29. The van der Waals surface area contributed by atoms with E-state index in [9.17, 15) is 0 Å². The Labute approximate surface area is 123 Å². The molecule has 0 bridgehead atoms. The highest BCUT2D eigenvalue weighted by Crippen LogP contribution is 2.37. The zero-order valence-corrected chi connectivity index (χ0v) is 13.7. The van der Waals surface area contributed by atoms with Crippen molar-refractivity contribution in [2.24, 2.45) is 5.41 Å². The van der Waals surface area contributed by atoms with Gasteiger partial charge in [-0.3, -0.25) is 9.88 Å². The van der Waals surface area contributed by atoms with E-state index in [4.69, 9.17) is 5.73 Å². The minimum atomic E-state index is 0.528. The molecule has 2 rings (SSSR count). The van der Waals surface area contributed by atoms with Crippen molar-refractivity contribution in [3.05, 3.63) is 23.0 Å². The molecular formula is C17H29N3. The van der Waals surface area contributed by atoms with Gasteiger partial charge < -0.3 is 5.73 Å². The van der Waals surface area contributed by atoms with E-state index in [1.54, 1.807) is 0 Å². The zero-order valence-electron chi connectivity index (χ0n) is 13.7. The Bertz CT molecular complexity index is 469. The monoisotopic (exact) mass is 275 g/mol. The number of aromatic nitrogens is 1. The summed E-state index contributed by atoms with van der Waals surface area (Å²) in [4.78, 5) is 7.04. The van der Waals surface area contributed by atoms with Gasteiger partial charge in [-0.1, -0.05) is 13.8 Å². The highest BCUT2D eigenvalue weighted by molar-refractivity contribution is 5.53. The van der Waals surface area contributed by atoms with E-state index in [0.717, 1.165) is 29.1 Å². The molecule has 20 heavy (non-hydrogen) atoms. The predicted octanol–water partition coefficient (Wildman–Crippen LogP) is 3.68. The van der Waals surface area contributed by atoms with Crippen LogP contribution >= 0.6 is 0 Å². The van der Waals surface area contributed by atoms with Crippen LogP contribution in [0.15, 0.2) is 6.20 Å². The molecule has 1 aliphatic carbocycles. The van der Waals surface area contributed by atoms with Crippen LogP contribution in [0.25, 0.3) is 0 Å². The third-order valence-corrected chi connectivity index (χ3v) is 5.01. The molecule has 3 heteroatoms. The summed E-state index contributed by atoms with van der Waals surface area (Å²) in [5.74, 6) is 0. The van der Waals surface area contributed by atoms with Gasteiger partial charge in [0.05, 0.1) is 5.69 Å². The maximum atomic E-state index is 6.11. The minimum absolute atomic E-state index is 0.528. The largest absolute Gasteiger partial charge is 0.398 e.